The zero-order chi connectivity index (χ0) is 85.2. The van der Waals surface area contributed by atoms with Gasteiger partial charge in [0.1, 0.15) is 83.4 Å². The Morgan fingerprint density at radius 3 is 1.89 bits per heavy atom. The number of carbonyl (C=O) groups excluding carboxylic acids is 13. The predicted octanol–water partition coefficient (Wildman–Crippen LogP) is -0.312. The third-order valence-corrected chi connectivity index (χ3v) is 20.1. The lowest BCUT2D eigenvalue weighted by molar-refractivity contribution is -0.384. The molecular formula is C75H91N15O25S. The van der Waals surface area contributed by atoms with Gasteiger partial charge in [0.05, 0.1) is 16.9 Å². The summed E-state index contributed by atoms with van der Waals surface area (Å²) in [5, 5.41) is 89.7. The fourth-order valence-electron chi connectivity index (χ4n) is 13.7. The summed E-state index contributed by atoms with van der Waals surface area (Å²) in [4.78, 5) is 228. The van der Waals surface area contributed by atoms with Gasteiger partial charge in [0.25, 0.3) is 5.69 Å². The van der Waals surface area contributed by atoms with Gasteiger partial charge in [0.15, 0.2) is 16.6 Å². The number of phenolic OH excluding ortho intramolecular Hbond substituents is 2. The number of aromatic hydroxyl groups is 2. The normalized spacial score (nSPS) is 19.0. The number of nitro groups is 1. The predicted molar refractivity (Wildman–Crippen MR) is 408 cm³/mol. The molecule has 10 atom stereocenters. The summed E-state index contributed by atoms with van der Waals surface area (Å²) in [6.45, 7) is 5.97. The molecule has 0 aromatic heterocycles. The van der Waals surface area contributed by atoms with Crippen LogP contribution in [0, 0.1) is 22.0 Å². The van der Waals surface area contributed by atoms with Crippen LogP contribution in [0.2, 0.25) is 0 Å². The lowest BCUT2D eigenvalue weighted by atomic mass is 9.77. The van der Waals surface area contributed by atoms with E-state index in [0.717, 1.165) is 19.1 Å². The van der Waals surface area contributed by atoms with Crippen LogP contribution in [-0.2, 0) is 88.7 Å². The van der Waals surface area contributed by atoms with Gasteiger partial charge in [0, 0.05) is 85.9 Å². The van der Waals surface area contributed by atoms with E-state index in [0.29, 0.717) is 41.8 Å². The number of aliphatic carboxylic acids is 3. The number of likely N-dealkylation sites (tertiary alicyclic amines) is 1. The number of rotatable bonds is 32. The van der Waals surface area contributed by atoms with Crippen molar-refractivity contribution in [2.75, 3.05) is 18.4 Å². The number of nitrogens with two attached hydrogens (primary N) is 2. The summed E-state index contributed by atoms with van der Waals surface area (Å²) >= 11 is 5.52. The molecule has 4 aliphatic rings. The van der Waals surface area contributed by atoms with Crippen molar-refractivity contribution in [3.05, 3.63) is 117 Å². The number of hydrogen-bond acceptors (Lipinski definition) is 23. The van der Waals surface area contributed by atoms with Crippen molar-refractivity contribution < 1.29 is 117 Å². The number of hydrogen-bond donors (Lipinski definition) is 18. The zero-order valence-electron chi connectivity index (χ0n) is 63.3. The van der Waals surface area contributed by atoms with E-state index in [4.69, 9.17) is 33.2 Å². The molecule has 4 aromatic rings. The molecule has 622 valence electrons. The Morgan fingerprint density at radius 2 is 1.28 bits per heavy atom. The first-order valence-electron chi connectivity index (χ1n) is 37.1. The van der Waals surface area contributed by atoms with Crippen LogP contribution in [0.1, 0.15) is 150 Å². The van der Waals surface area contributed by atoms with Crippen molar-refractivity contribution in [3.63, 3.8) is 0 Å². The van der Waals surface area contributed by atoms with Crippen molar-refractivity contribution in [1.29, 1.82) is 0 Å². The van der Waals surface area contributed by atoms with Gasteiger partial charge in [-0.2, -0.15) is 0 Å². The summed E-state index contributed by atoms with van der Waals surface area (Å²) in [5.41, 5.74) is 11.2. The van der Waals surface area contributed by atoms with Gasteiger partial charge >= 0.3 is 23.9 Å². The maximum atomic E-state index is 14.6. The van der Waals surface area contributed by atoms with E-state index in [9.17, 15) is 112 Å². The molecule has 40 nitrogen and oxygen atoms in total. The highest BCUT2D eigenvalue weighted by atomic mass is 32.1. The maximum absolute atomic E-state index is 14.6. The highest BCUT2D eigenvalue weighted by Crippen LogP contribution is 2.57. The Labute approximate surface area is 666 Å². The topological polar surface area (TPSA) is 623 Å². The fraction of sp³-hybridized carbons (Fsp3) is 0.453. The molecule has 4 heterocycles. The molecular weight excluding hydrogens is 1540 g/mol. The molecule has 4 aromatic carbocycles. The van der Waals surface area contributed by atoms with Gasteiger partial charge in [-0.1, -0.05) is 51.3 Å². The number of anilines is 1. The van der Waals surface area contributed by atoms with Crippen LogP contribution >= 0.6 is 12.2 Å². The van der Waals surface area contributed by atoms with E-state index in [2.05, 4.69) is 58.5 Å². The average Bonchev–Trinajstić information content (AvgIpc) is 1.50. The van der Waals surface area contributed by atoms with Gasteiger partial charge in [-0.05, 0) is 118 Å². The van der Waals surface area contributed by atoms with Gasteiger partial charge in [0.2, 0.25) is 70.9 Å². The minimum atomic E-state index is -2.38. The molecule has 0 saturated carbocycles. The van der Waals surface area contributed by atoms with E-state index < -0.39 is 204 Å². The quantitative estimate of drug-likeness (QED) is 0.00744. The van der Waals surface area contributed by atoms with Crippen molar-refractivity contribution in [3.8, 4) is 23.0 Å². The molecule has 41 heteroatoms. The van der Waals surface area contributed by atoms with E-state index in [1.807, 2.05) is 0 Å². The SMILES string of the molecule is CC(=O)N1CCC[C@H]1C(=O)N[C@H](C(=O)N[C@@H]1CCCCC[C@@H](C(=O)N[C@@H](CC(=O)O)C(=O)N[C@@H](C)C(=O)N[C@@H](CC(C(=O)O)C(=O)O)C(=O)N[C@@H](CCCCNC(=S)Nc2ccc3c(c2)C(=O)OC32c3ccc(O)cc3Oc3cc(O)ccc32)C(N)=O)NC(=O)[C@H](Cc2ccc([N+](=O)[O-])cc2)NC(=O)[C@H](CCC(N)=O)NC1=O)C(C)C. The first-order chi connectivity index (χ1) is 54.8. The lowest BCUT2D eigenvalue weighted by Gasteiger charge is -2.36. The molecule has 0 unspecified atom stereocenters. The highest BCUT2D eigenvalue weighted by Gasteiger charge is 2.54. The van der Waals surface area contributed by atoms with E-state index in [-0.39, 0.29) is 109 Å². The number of esters is 1. The second-order valence-electron chi connectivity index (χ2n) is 28.7. The van der Waals surface area contributed by atoms with Crippen LogP contribution in [-0.4, -0.2) is 209 Å². The third-order valence-electron chi connectivity index (χ3n) is 19.9. The zero-order valence-corrected chi connectivity index (χ0v) is 64.1. The number of ether oxygens (including phenoxy) is 2. The molecule has 8 rings (SSSR count). The Hall–Kier alpha value is -13.1. The van der Waals surface area contributed by atoms with Crippen molar-refractivity contribution in [1.82, 2.24) is 58.1 Å². The molecule has 0 aliphatic carbocycles. The van der Waals surface area contributed by atoms with Crippen molar-refractivity contribution in [2.45, 2.75) is 190 Å². The number of carboxylic acid groups (broad SMARTS) is 3. The molecule has 0 radical (unpaired) electrons. The number of thiocarbonyl (C=S) groups is 1. The second-order valence-corrected chi connectivity index (χ2v) is 29.1. The van der Waals surface area contributed by atoms with Gasteiger partial charge in [-0.15, -0.1) is 0 Å². The number of amides is 12. The summed E-state index contributed by atoms with van der Waals surface area (Å²) < 4.78 is 12.1. The highest BCUT2D eigenvalue weighted by molar-refractivity contribution is 7.80. The minimum Gasteiger partial charge on any atom is -0.508 e. The summed E-state index contributed by atoms with van der Waals surface area (Å²) in [7, 11) is 0. The number of phenols is 2. The van der Waals surface area contributed by atoms with Crippen LogP contribution in [0.4, 0.5) is 11.4 Å². The first kappa shape index (κ1) is 88.5. The molecule has 116 heavy (non-hydrogen) atoms. The van der Waals surface area contributed by atoms with Gasteiger partial charge in [-0.3, -0.25) is 82.0 Å². The second kappa shape index (κ2) is 39.6. The Morgan fingerprint density at radius 1 is 0.672 bits per heavy atom. The monoisotopic (exact) mass is 1630 g/mol. The third kappa shape index (κ3) is 22.9. The average molecular weight is 1630 g/mol. The van der Waals surface area contributed by atoms with Crippen LogP contribution in [0.25, 0.3) is 0 Å². The number of nitrogens with one attached hydrogen (secondary N) is 11. The molecule has 1 spiro atoms. The van der Waals surface area contributed by atoms with Gasteiger partial charge < -0.3 is 110 Å². The van der Waals surface area contributed by atoms with E-state index >= 15 is 0 Å². The number of benzene rings is 4. The number of nitro benzene ring substituents is 1. The lowest BCUT2D eigenvalue weighted by Crippen LogP contribution is -2.61. The number of unbranched alkanes of at least 4 members (excludes halogenated alkanes) is 1. The number of carboxylic acids is 3. The summed E-state index contributed by atoms with van der Waals surface area (Å²) in [6, 6.07) is 1.65. The number of primary amides is 2. The number of fused-ring (bicyclic) bond motifs is 6. The molecule has 2 saturated heterocycles. The van der Waals surface area contributed by atoms with Crippen LogP contribution in [0.3, 0.4) is 0 Å². The Bertz CT molecular complexity index is 4460. The maximum Gasteiger partial charge on any atom is 0.340 e. The summed E-state index contributed by atoms with van der Waals surface area (Å²) in [6.07, 6.45) is -3.27. The molecule has 12 amide bonds. The van der Waals surface area contributed by atoms with Gasteiger partial charge in [-0.25, -0.2) is 4.79 Å². The van der Waals surface area contributed by atoms with Crippen molar-refractivity contribution >= 4 is 123 Å². The van der Waals surface area contributed by atoms with Crippen LogP contribution in [0.5, 0.6) is 23.0 Å². The number of carbonyl (C=O) groups is 16. The molecule has 4 aliphatic heterocycles. The first-order valence-corrected chi connectivity index (χ1v) is 37.5. The molecule has 20 N–H and O–H groups in total. The number of non-ortho nitro benzene ring substituents is 1. The smallest absolute Gasteiger partial charge is 0.340 e. The minimum absolute atomic E-state index is 0.0182. The molecule has 0 bridgehead atoms. The fourth-order valence-corrected chi connectivity index (χ4v) is 14.0. The number of nitrogens with zero attached hydrogens (tertiary/aromatic N) is 2. The standard InChI is InChI=1S/C75H91N15O25S/c1-35(2)60(88-69(105)55-14-10-28-89(55)37(4)91)70(106)84-50-13-7-5-6-12-49(82-67(103)52(29-38-15-18-40(19-16-38)90(112)113)86-65(101)51(83-63(50)99)25-26-58(76)94)64(100)87-54(34-59(95)96)66(102)79-36(3)62(98)85-53(33-44(71(107)108)72(109)110)68(104)81-48(61(77)97)11-8-9-27-78-74(116)80-39-17-22-45-43(30-39)73(111)115-75(45)46-23-20-41(92)31-56(46)114-57-32-42(93)21-24-47(57)75/h15-24,30-32,35-36,44,48-55,60,92-93H,5-14,25-29,33-34H2,1-4H3,(H2,76,94)(H2,77,97)(H,79,102)(H,81,104)(H,82,103)(H,83,99)(H,84,106)(H,85,98)(H,86,101)(H,87,100)(H,88,105)(H,95,96)(H,107,108)(H,109,110)(H2,78,80,116)/t36-,48-,49-,50+,51-,52-,53-,54-,55-,60-/m0/s1. The Kier molecular flexibility index (Phi) is 30.2. The summed E-state index contributed by atoms with van der Waals surface area (Å²) in [5.74, 6) is -21.6. The van der Waals surface area contributed by atoms with Crippen LogP contribution < -0.4 is 74.7 Å². The van der Waals surface area contributed by atoms with Crippen molar-refractivity contribution in [2.24, 2.45) is 23.3 Å². The Balaban J connectivity index is 0.931. The molecule has 2 fully saturated rings. The van der Waals surface area contributed by atoms with E-state index in [1.54, 1.807) is 38.1 Å². The van der Waals surface area contributed by atoms with E-state index in [1.165, 1.54) is 54.3 Å². The largest absolute Gasteiger partial charge is 0.508 e. The van der Waals surface area contributed by atoms with Crippen LogP contribution in [0.15, 0.2) is 78.9 Å².